The lowest BCUT2D eigenvalue weighted by Crippen LogP contribution is -2.29. The number of nitrogen functional groups attached to an aromatic ring is 1. The third-order valence-electron chi connectivity index (χ3n) is 2.71. The molecule has 0 saturated heterocycles. The second-order valence-electron chi connectivity index (χ2n) is 4.32. The highest BCUT2D eigenvalue weighted by molar-refractivity contribution is 5.95. The van der Waals surface area contributed by atoms with E-state index in [4.69, 9.17) is 10.5 Å². The molecule has 0 heterocycles. The Morgan fingerprint density at radius 1 is 1.56 bits per heavy atom. The number of carbonyl (C=O) groups excluding carboxylic acids is 1. The molecule has 100 valence electrons. The Balaban J connectivity index is 2.74. The van der Waals surface area contributed by atoms with Gasteiger partial charge in [0.15, 0.2) is 0 Å². The molecule has 1 aromatic rings. The molecule has 3 N–H and O–H groups in total. The van der Waals surface area contributed by atoms with Crippen molar-refractivity contribution in [1.82, 2.24) is 4.90 Å². The molecule has 1 unspecified atom stereocenters. The maximum Gasteiger partial charge on any atom is 0.253 e. The van der Waals surface area contributed by atoms with Crippen LogP contribution < -0.4 is 10.5 Å². The van der Waals surface area contributed by atoms with Gasteiger partial charge in [-0.15, -0.1) is 0 Å². The number of aliphatic hydroxyl groups excluding tert-OH is 1. The first-order valence-corrected chi connectivity index (χ1v) is 5.82. The van der Waals surface area contributed by atoms with Crippen molar-refractivity contribution >= 4 is 11.6 Å². The molecule has 1 aromatic carbocycles. The maximum atomic E-state index is 12.1. The van der Waals surface area contributed by atoms with Crippen LogP contribution >= 0.6 is 0 Å². The van der Waals surface area contributed by atoms with E-state index in [1.807, 2.05) is 0 Å². The molecule has 0 radical (unpaired) electrons. The van der Waals surface area contributed by atoms with Gasteiger partial charge in [-0.1, -0.05) is 0 Å². The Bertz CT molecular complexity index is 419. The Hall–Kier alpha value is -1.75. The molecule has 1 atom stereocenters. The van der Waals surface area contributed by atoms with E-state index in [2.05, 4.69) is 0 Å². The van der Waals surface area contributed by atoms with Crippen molar-refractivity contribution in [3.05, 3.63) is 23.8 Å². The minimum absolute atomic E-state index is 0.120. The number of methoxy groups -OCH3 is 1. The minimum atomic E-state index is -0.416. The minimum Gasteiger partial charge on any atom is -0.495 e. The quantitative estimate of drug-likeness (QED) is 0.770. The second kappa shape index (κ2) is 6.26. The van der Waals surface area contributed by atoms with Crippen LogP contribution in [0.5, 0.6) is 5.75 Å². The van der Waals surface area contributed by atoms with Crippen molar-refractivity contribution in [3.8, 4) is 5.75 Å². The molecule has 0 aliphatic heterocycles. The summed E-state index contributed by atoms with van der Waals surface area (Å²) in [7, 11) is 3.23. The Kier molecular flexibility index (Phi) is 4.97. The first-order valence-electron chi connectivity index (χ1n) is 5.82. The molecular formula is C13H20N2O3. The normalized spacial score (nSPS) is 12.0. The monoisotopic (exact) mass is 252 g/mol. The lowest BCUT2D eigenvalue weighted by atomic mass is 10.1. The highest BCUT2D eigenvalue weighted by Gasteiger charge is 2.13. The predicted octanol–water partition coefficient (Wildman–Crippen LogP) is 1.12. The van der Waals surface area contributed by atoms with E-state index in [0.29, 0.717) is 30.0 Å². The van der Waals surface area contributed by atoms with Crippen LogP contribution in [0.1, 0.15) is 23.7 Å². The fourth-order valence-electron chi connectivity index (χ4n) is 1.57. The van der Waals surface area contributed by atoms with Crippen molar-refractivity contribution in [1.29, 1.82) is 0 Å². The van der Waals surface area contributed by atoms with Crippen LogP contribution in [0.2, 0.25) is 0 Å². The highest BCUT2D eigenvalue weighted by atomic mass is 16.5. The van der Waals surface area contributed by atoms with Crippen molar-refractivity contribution in [2.45, 2.75) is 19.4 Å². The number of carbonyl (C=O) groups is 1. The number of amides is 1. The van der Waals surface area contributed by atoms with Crippen molar-refractivity contribution < 1.29 is 14.6 Å². The van der Waals surface area contributed by atoms with E-state index in [1.54, 1.807) is 37.1 Å². The largest absolute Gasteiger partial charge is 0.495 e. The fraction of sp³-hybridized carbons (Fsp3) is 0.462. The number of hydrogen-bond acceptors (Lipinski definition) is 4. The Labute approximate surface area is 107 Å². The predicted molar refractivity (Wildman–Crippen MR) is 70.7 cm³/mol. The SMILES string of the molecule is COc1ccc(C(=O)N(C)CCC(C)O)cc1N. The zero-order chi connectivity index (χ0) is 13.7. The van der Waals surface area contributed by atoms with Gasteiger partial charge in [-0.2, -0.15) is 0 Å². The number of ether oxygens (including phenoxy) is 1. The molecule has 18 heavy (non-hydrogen) atoms. The summed E-state index contributed by atoms with van der Waals surface area (Å²) >= 11 is 0. The number of rotatable bonds is 5. The molecule has 0 bridgehead atoms. The van der Waals surface area contributed by atoms with E-state index in [0.717, 1.165) is 0 Å². The number of aliphatic hydroxyl groups is 1. The maximum absolute atomic E-state index is 12.1. The summed E-state index contributed by atoms with van der Waals surface area (Å²) in [5.74, 6) is 0.434. The average molecular weight is 252 g/mol. The number of anilines is 1. The van der Waals surface area contributed by atoms with Gasteiger partial charge in [-0.05, 0) is 31.5 Å². The highest BCUT2D eigenvalue weighted by Crippen LogP contribution is 2.22. The summed E-state index contributed by atoms with van der Waals surface area (Å²) < 4.78 is 5.04. The van der Waals surface area contributed by atoms with Crippen LogP contribution in [0.15, 0.2) is 18.2 Å². The molecule has 0 fully saturated rings. The van der Waals surface area contributed by atoms with Crippen LogP contribution in [0.4, 0.5) is 5.69 Å². The summed E-state index contributed by atoms with van der Waals surface area (Å²) in [5.41, 5.74) is 6.71. The van der Waals surface area contributed by atoms with Gasteiger partial charge in [-0.3, -0.25) is 4.79 Å². The van der Waals surface area contributed by atoms with E-state index >= 15 is 0 Å². The number of benzene rings is 1. The Morgan fingerprint density at radius 3 is 2.72 bits per heavy atom. The lowest BCUT2D eigenvalue weighted by Gasteiger charge is -2.18. The molecule has 5 heteroatoms. The van der Waals surface area contributed by atoms with E-state index in [9.17, 15) is 9.90 Å². The molecule has 1 rings (SSSR count). The van der Waals surface area contributed by atoms with Gasteiger partial charge in [0.1, 0.15) is 5.75 Å². The first-order chi connectivity index (χ1) is 8.45. The molecule has 0 aliphatic rings. The zero-order valence-electron chi connectivity index (χ0n) is 11.0. The second-order valence-corrected chi connectivity index (χ2v) is 4.32. The lowest BCUT2D eigenvalue weighted by molar-refractivity contribution is 0.0769. The van der Waals surface area contributed by atoms with Crippen LogP contribution in [-0.4, -0.2) is 42.7 Å². The smallest absolute Gasteiger partial charge is 0.253 e. The van der Waals surface area contributed by atoms with Gasteiger partial charge >= 0.3 is 0 Å². The summed E-state index contributed by atoms with van der Waals surface area (Å²) in [6.07, 6.45) is 0.134. The number of nitrogens with zero attached hydrogens (tertiary/aromatic N) is 1. The van der Waals surface area contributed by atoms with Crippen LogP contribution in [0.3, 0.4) is 0 Å². The van der Waals surface area contributed by atoms with Crippen LogP contribution in [0.25, 0.3) is 0 Å². The fourth-order valence-corrected chi connectivity index (χ4v) is 1.57. The molecular weight excluding hydrogens is 232 g/mol. The van der Waals surface area contributed by atoms with Crippen molar-refractivity contribution in [2.75, 3.05) is 26.4 Å². The third-order valence-corrected chi connectivity index (χ3v) is 2.71. The van der Waals surface area contributed by atoms with E-state index in [1.165, 1.54) is 7.11 Å². The van der Waals surface area contributed by atoms with Gasteiger partial charge in [0.25, 0.3) is 5.91 Å². The van der Waals surface area contributed by atoms with Crippen molar-refractivity contribution in [2.24, 2.45) is 0 Å². The third kappa shape index (κ3) is 3.63. The number of hydrogen-bond donors (Lipinski definition) is 2. The molecule has 0 saturated carbocycles. The van der Waals surface area contributed by atoms with Crippen LogP contribution in [-0.2, 0) is 0 Å². The van der Waals surface area contributed by atoms with E-state index < -0.39 is 6.10 Å². The van der Waals surface area contributed by atoms with E-state index in [-0.39, 0.29) is 5.91 Å². The average Bonchev–Trinajstić information content (AvgIpc) is 2.34. The first kappa shape index (κ1) is 14.3. The van der Waals surface area contributed by atoms with Crippen LogP contribution in [0, 0.1) is 0 Å². The summed E-state index contributed by atoms with van der Waals surface area (Å²) in [5, 5.41) is 9.19. The molecule has 5 nitrogen and oxygen atoms in total. The molecule has 0 aliphatic carbocycles. The van der Waals surface area contributed by atoms with Gasteiger partial charge in [0.05, 0.1) is 18.9 Å². The summed E-state index contributed by atoms with van der Waals surface area (Å²) in [4.78, 5) is 13.6. The summed E-state index contributed by atoms with van der Waals surface area (Å²) in [6, 6.07) is 4.95. The van der Waals surface area contributed by atoms with Gasteiger partial charge < -0.3 is 20.5 Å². The zero-order valence-corrected chi connectivity index (χ0v) is 11.0. The summed E-state index contributed by atoms with van der Waals surface area (Å²) in [6.45, 7) is 2.20. The topological polar surface area (TPSA) is 75.8 Å². The van der Waals surface area contributed by atoms with Crippen molar-refractivity contribution in [3.63, 3.8) is 0 Å². The van der Waals surface area contributed by atoms with Gasteiger partial charge in [0, 0.05) is 19.2 Å². The van der Waals surface area contributed by atoms with Gasteiger partial charge in [0.2, 0.25) is 0 Å². The molecule has 0 aromatic heterocycles. The molecule has 0 spiro atoms. The molecule has 1 amide bonds. The van der Waals surface area contributed by atoms with Gasteiger partial charge in [-0.25, -0.2) is 0 Å². The Morgan fingerprint density at radius 2 is 2.22 bits per heavy atom. The standard InChI is InChI=1S/C13H20N2O3/c1-9(16)6-7-15(2)13(17)10-4-5-12(18-3)11(14)8-10/h4-5,8-9,16H,6-7,14H2,1-3H3. The number of nitrogens with two attached hydrogens (primary N) is 1.